The van der Waals surface area contributed by atoms with Gasteiger partial charge in [0.25, 0.3) is 0 Å². The zero-order valence-electron chi connectivity index (χ0n) is 12.1. The average molecular weight is 312 g/mol. The Labute approximate surface area is 131 Å². The molecule has 23 heavy (non-hydrogen) atoms. The number of carbonyl (C=O) groups is 1. The van der Waals surface area contributed by atoms with Gasteiger partial charge in [0.2, 0.25) is 0 Å². The predicted molar refractivity (Wildman–Crippen MR) is 85.1 cm³/mol. The number of carboxylic acids is 1. The second kappa shape index (κ2) is 6.07. The van der Waals surface area contributed by atoms with Gasteiger partial charge in [0.15, 0.2) is 0 Å². The van der Waals surface area contributed by atoms with Crippen LogP contribution in [0.5, 0.6) is 0 Å². The molecule has 0 amide bonds. The van der Waals surface area contributed by atoms with E-state index >= 15 is 0 Å². The molecule has 0 aliphatic carbocycles. The minimum atomic E-state index is -0.922. The maximum atomic E-state index is 11.1. The van der Waals surface area contributed by atoms with Crippen LogP contribution in [0.4, 0.5) is 5.69 Å². The van der Waals surface area contributed by atoms with Crippen molar-refractivity contribution in [2.75, 3.05) is 5.23 Å². The van der Waals surface area contributed by atoms with Crippen molar-refractivity contribution >= 4 is 22.7 Å². The normalized spacial score (nSPS) is 10.9. The molecule has 0 unspecified atom stereocenters. The first-order valence-corrected chi connectivity index (χ1v) is 7.00. The largest absolute Gasteiger partial charge is 0.733 e. The lowest BCUT2D eigenvalue weighted by Crippen LogP contribution is -2.08. The molecule has 1 heterocycles. The summed E-state index contributed by atoms with van der Waals surface area (Å²) >= 11 is 0. The first kappa shape index (κ1) is 15.0. The third-order valence-electron chi connectivity index (χ3n) is 3.53. The van der Waals surface area contributed by atoms with Crippen LogP contribution in [0, 0.1) is 5.21 Å². The number of fused-ring (bicyclic) bond motifs is 1. The van der Waals surface area contributed by atoms with Gasteiger partial charge in [-0.1, -0.05) is 30.3 Å². The highest BCUT2D eigenvalue weighted by atomic mass is 16.8. The second-order valence-electron chi connectivity index (χ2n) is 5.04. The van der Waals surface area contributed by atoms with Gasteiger partial charge in [-0.05, 0) is 18.2 Å². The number of benzene rings is 2. The summed E-state index contributed by atoms with van der Waals surface area (Å²) in [6.07, 6.45) is -0.0737. The van der Waals surface area contributed by atoms with Crippen molar-refractivity contribution in [2.24, 2.45) is 0 Å². The number of hydrogen-bond acceptors (Lipinski definition) is 5. The van der Waals surface area contributed by atoms with Crippen LogP contribution in [0.15, 0.2) is 48.5 Å². The molecule has 0 atom stereocenters. The van der Waals surface area contributed by atoms with E-state index in [0.717, 1.165) is 5.56 Å². The van der Waals surface area contributed by atoms with Gasteiger partial charge in [0.05, 0.1) is 23.1 Å². The Hall–Kier alpha value is -2.90. The van der Waals surface area contributed by atoms with Gasteiger partial charge in [-0.15, -0.1) is 0 Å². The van der Waals surface area contributed by atoms with Crippen molar-refractivity contribution in [1.82, 2.24) is 9.55 Å². The lowest BCUT2D eigenvalue weighted by molar-refractivity contribution is -0.137. The highest BCUT2D eigenvalue weighted by Gasteiger charge is 2.14. The summed E-state index contributed by atoms with van der Waals surface area (Å²) < 4.78 is 1.74. The molecule has 2 N–H and O–H groups in total. The number of carboxylic acid groups (broad SMARTS) is 1. The van der Waals surface area contributed by atoms with E-state index in [2.05, 4.69) is 4.98 Å². The Bertz CT molecular complexity index is 843. The Balaban J connectivity index is 2.18. The van der Waals surface area contributed by atoms with Crippen LogP contribution in [-0.4, -0.2) is 25.8 Å². The number of imidazole rings is 1. The van der Waals surface area contributed by atoms with Crippen molar-refractivity contribution in [1.29, 1.82) is 0 Å². The number of aromatic nitrogens is 2. The number of hydrogen-bond donors (Lipinski definition) is 2. The van der Waals surface area contributed by atoms with E-state index in [0.29, 0.717) is 16.9 Å². The topological polar surface area (TPSA) is 102 Å². The van der Waals surface area contributed by atoms with Gasteiger partial charge in [-0.2, -0.15) is 0 Å². The summed E-state index contributed by atoms with van der Waals surface area (Å²) in [5.74, 6) is -0.302. The monoisotopic (exact) mass is 312 g/mol. The van der Waals surface area contributed by atoms with Crippen molar-refractivity contribution in [3.05, 3.63) is 53.7 Å². The summed E-state index contributed by atoms with van der Waals surface area (Å²) in [6, 6.07) is 13.9. The molecule has 0 spiro atoms. The number of rotatable bonds is 5. The molecule has 0 saturated heterocycles. The van der Waals surface area contributed by atoms with Crippen LogP contribution >= 0.6 is 0 Å². The third-order valence-corrected chi connectivity index (χ3v) is 3.53. The van der Waals surface area contributed by atoms with E-state index in [9.17, 15) is 10.0 Å². The van der Waals surface area contributed by atoms with E-state index in [1.807, 2.05) is 30.3 Å². The fourth-order valence-electron chi connectivity index (χ4n) is 2.47. The molecule has 7 heteroatoms. The van der Waals surface area contributed by atoms with E-state index < -0.39 is 5.97 Å². The van der Waals surface area contributed by atoms with Crippen LogP contribution in [0.3, 0.4) is 0 Å². The zero-order chi connectivity index (χ0) is 16.4. The fraction of sp³-hybridized carbons (Fsp3) is 0.125. The minimum absolute atomic E-state index is 0.0635. The van der Waals surface area contributed by atoms with E-state index in [4.69, 9.17) is 10.3 Å². The number of anilines is 1. The quantitative estimate of drug-likeness (QED) is 0.702. The van der Waals surface area contributed by atoms with Crippen LogP contribution in [0.25, 0.3) is 22.4 Å². The molecule has 0 bridgehead atoms. The van der Waals surface area contributed by atoms with Gasteiger partial charge in [0.1, 0.15) is 5.82 Å². The van der Waals surface area contributed by atoms with Crippen LogP contribution in [0.2, 0.25) is 0 Å². The maximum Gasteiger partial charge on any atom is 0.305 e. The molecule has 1 aromatic heterocycles. The first-order chi connectivity index (χ1) is 11.1. The maximum absolute atomic E-state index is 11.1. The lowest BCUT2D eigenvalue weighted by atomic mass is 10.2. The van der Waals surface area contributed by atoms with Gasteiger partial charge in [-0.3, -0.25) is 10.0 Å². The zero-order valence-corrected chi connectivity index (χ0v) is 12.1. The molecular weight excluding hydrogens is 298 g/mol. The average Bonchev–Trinajstić information content (AvgIpc) is 2.91. The molecule has 0 aliphatic heterocycles. The summed E-state index contributed by atoms with van der Waals surface area (Å²) in [5, 5.41) is 28.9. The van der Waals surface area contributed by atoms with E-state index in [1.54, 1.807) is 10.6 Å². The molecule has 3 rings (SSSR count). The van der Waals surface area contributed by atoms with Crippen molar-refractivity contribution in [3.63, 3.8) is 0 Å². The molecule has 0 fully saturated rings. The lowest BCUT2D eigenvalue weighted by Gasteiger charge is -2.21. The molecule has 0 saturated carbocycles. The molecular formula is C16H14N3O4-. The van der Waals surface area contributed by atoms with Gasteiger partial charge >= 0.3 is 5.97 Å². The molecule has 7 nitrogen and oxygen atoms in total. The van der Waals surface area contributed by atoms with Crippen molar-refractivity contribution in [3.8, 4) is 11.4 Å². The highest BCUT2D eigenvalue weighted by Crippen LogP contribution is 2.28. The Morgan fingerprint density at radius 3 is 2.61 bits per heavy atom. The van der Waals surface area contributed by atoms with Crippen molar-refractivity contribution in [2.45, 2.75) is 13.0 Å². The summed E-state index contributed by atoms with van der Waals surface area (Å²) in [5.41, 5.74) is 2.13. The molecule has 118 valence electrons. The smallest absolute Gasteiger partial charge is 0.305 e. The van der Waals surface area contributed by atoms with Crippen molar-refractivity contribution < 1.29 is 15.1 Å². The Morgan fingerprint density at radius 1 is 1.22 bits per heavy atom. The molecule has 0 radical (unpaired) electrons. The number of nitrogens with zero attached hydrogens (tertiary/aromatic N) is 3. The Morgan fingerprint density at radius 2 is 1.96 bits per heavy atom. The number of aryl methyl sites for hydroxylation is 1. The molecule has 3 aromatic rings. The second-order valence-corrected chi connectivity index (χ2v) is 5.04. The molecule has 2 aromatic carbocycles. The summed E-state index contributed by atoms with van der Waals surface area (Å²) in [4.78, 5) is 15.5. The minimum Gasteiger partial charge on any atom is -0.733 e. The van der Waals surface area contributed by atoms with Crippen LogP contribution in [0.1, 0.15) is 6.42 Å². The van der Waals surface area contributed by atoms with E-state index in [1.165, 1.54) is 12.1 Å². The number of aliphatic carboxylic acids is 1. The highest BCUT2D eigenvalue weighted by molar-refractivity contribution is 5.84. The van der Waals surface area contributed by atoms with Gasteiger partial charge in [-0.25, -0.2) is 4.98 Å². The van der Waals surface area contributed by atoms with Gasteiger partial charge in [0, 0.05) is 12.1 Å². The van der Waals surface area contributed by atoms with Crippen LogP contribution < -0.4 is 5.23 Å². The molecule has 0 aliphatic rings. The van der Waals surface area contributed by atoms with Crippen LogP contribution in [-0.2, 0) is 11.3 Å². The SMILES string of the molecule is O=C(O)CCn1c(-c2ccccc2)nc2ccc(N([O-])O)cc21. The summed E-state index contributed by atoms with van der Waals surface area (Å²) in [7, 11) is 0. The van der Waals surface area contributed by atoms with E-state index in [-0.39, 0.29) is 23.9 Å². The summed E-state index contributed by atoms with van der Waals surface area (Å²) in [6.45, 7) is 0.212. The van der Waals surface area contributed by atoms with Gasteiger partial charge < -0.3 is 20.1 Å². The first-order valence-electron chi connectivity index (χ1n) is 7.00. The Kier molecular flexibility index (Phi) is 3.96. The third kappa shape index (κ3) is 3.01. The predicted octanol–water partition coefficient (Wildman–Crippen LogP) is 2.87. The standard InChI is InChI=1S/C16H14N3O4/c20-15(21)8-9-18-14-10-12(19(22)23)6-7-13(14)17-16(18)11-4-2-1-3-5-11/h1-7,10,22H,8-9H2,(H,20,21)/q-1. The fourth-order valence-corrected chi connectivity index (χ4v) is 2.47.